The highest BCUT2D eigenvalue weighted by Crippen LogP contribution is 2.24. The summed E-state index contributed by atoms with van der Waals surface area (Å²) in [4.78, 5) is 11.6. The molecular weight excluding hydrogens is 216 g/mol. The molecule has 0 heterocycles. The third kappa shape index (κ3) is 3.71. The second-order valence-corrected chi connectivity index (χ2v) is 3.74. The zero-order chi connectivity index (χ0) is 12.7. The van der Waals surface area contributed by atoms with Gasteiger partial charge in [0.15, 0.2) is 0 Å². The molecule has 0 amide bonds. The highest BCUT2D eigenvalue weighted by atomic mass is 16.5. The van der Waals surface area contributed by atoms with Crippen molar-refractivity contribution in [1.82, 2.24) is 0 Å². The molecule has 3 nitrogen and oxygen atoms in total. The van der Waals surface area contributed by atoms with E-state index in [1.54, 1.807) is 18.2 Å². The van der Waals surface area contributed by atoms with Crippen LogP contribution in [-0.4, -0.2) is 18.2 Å². The Balaban J connectivity index is 2.90. The van der Waals surface area contributed by atoms with E-state index < -0.39 is 18.0 Å². The second-order valence-electron chi connectivity index (χ2n) is 3.74. The van der Waals surface area contributed by atoms with E-state index in [-0.39, 0.29) is 0 Å². The number of hydrogen-bond donors (Lipinski definition) is 1. The Morgan fingerprint density at radius 3 is 2.59 bits per heavy atom. The van der Waals surface area contributed by atoms with Crippen LogP contribution in [-0.2, 0) is 9.53 Å². The summed E-state index contributed by atoms with van der Waals surface area (Å²) in [6.07, 6.45) is 3.50. The number of carbonyl (C=O) groups excluding carboxylic acids is 1. The number of ether oxygens (including phenoxy) is 1. The van der Waals surface area contributed by atoms with E-state index in [0.717, 1.165) is 6.42 Å². The molecule has 0 aromatic heterocycles. The Labute approximate surface area is 102 Å². The molecular formula is C14H18O3. The number of rotatable bonds is 5. The lowest BCUT2D eigenvalue weighted by molar-refractivity contribution is -0.147. The molecule has 17 heavy (non-hydrogen) atoms. The van der Waals surface area contributed by atoms with Crippen LogP contribution in [0.2, 0.25) is 0 Å². The Kier molecular flexibility index (Phi) is 5.43. The van der Waals surface area contributed by atoms with Gasteiger partial charge in [-0.25, -0.2) is 0 Å². The van der Waals surface area contributed by atoms with Crippen molar-refractivity contribution in [1.29, 1.82) is 0 Å². The Morgan fingerprint density at radius 1 is 1.41 bits per heavy atom. The molecule has 1 aromatic rings. The molecule has 0 radical (unpaired) electrons. The van der Waals surface area contributed by atoms with Crippen molar-refractivity contribution < 1.29 is 14.6 Å². The molecule has 1 aromatic carbocycles. The molecule has 0 aliphatic rings. The van der Waals surface area contributed by atoms with Crippen molar-refractivity contribution in [3.8, 4) is 0 Å². The fourth-order valence-corrected chi connectivity index (χ4v) is 1.59. The third-order valence-electron chi connectivity index (χ3n) is 2.53. The van der Waals surface area contributed by atoms with Crippen LogP contribution in [0.5, 0.6) is 0 Å². The summed E-state index contributed by atoms with van der Waals surface area (Å²) in [7, 11) is 1.33. The summed E-state index contributed by atoms with van der Waals surface area (Å²) in [5.74, 6) is -1.08. The smallest absolute Gasteiger partial charge is 0.315 e. The van der Waals surface area contributed by atoms with Crippen LogP contribution in [0.3, 0.4) is 0 Å². The van der Waals surface area contributed by atoms with Gasteiger partial charge >= 0.3 is 5.97 Å². The van der Waals surface area contributed by atoms with E-state index >= 15 is 0 Å². The van der Waals surface area contributed by atoms with Gasteiger partial charge in [0.1, 0.15) is 5.92 Å². The summed E-state index contributed by atoms with van der Waals surface area (Å²) in [6, 6.07) is 9.11. The van der Waals surface area contributed by atoms with Gasteiger partial charge in [0.05, 0.1) is 13.2 Å². The van der Waals surface area contributed by atoms with Gasteiger partial charge in [-0.2, -0.15) is 0 Å². The minimum Gasteiger partial charge on any atom is -0.468 e. The van der Waals surface area contributed by atoms with Gasteiger partial charge in [0.2, 0.25) is 0 Å². The van der Waals surface area contributed by atoms with Gasteiger partial charge in [0, 0.05) is 0 Å². The largest absolute Gasteiger partial charge is 0.468 e. The van der Waals surface area contributed by atoms with E-state index in [1.165, 1.54) is 7.11 Å². The summed E-state index contributed by atoms with van der Waals surface area (Å²) < 4.78 is 4.70. The Hall–Kier alpha value is -1.61. The molecule has 3 heteroatoms. The van der Waals surface area contributed by atoms with Crippen LogP contribution in [0.4, 0.5) is 0 Å². The van der Waals surface area contributed by atoms with E-state index in [0.29, 0.717) is 5.56 Å². The molecule has 0 fully saturated rings. The van der Waals surface area contributed by atoms with Crippen molar-refractivity contribution >= 4 is 5.97 Å². The third-order valence-corrected chi connectivity index (χ3v) is 2.53. The number of esters is 1. The van der Waals surface area contributed by atoms with Crippen molar-refractivity contribution in [2.24, 2.45) is 5.92 Å². The van der Waals surface area contributed by atoms with Crippen molar-refractivity contribution in [2.75, 3.05) is 7.11 Å². The predicted molar refractivity (Wildman–Crippen MR) is 66.3 cm³/mol. The molecule has 1 N–H and O–H groups in total. The van der Waals surface area contributed by atoms with Gasteiger partial charge < -0.3 is 9.84 Å². The van der Waals surface area contributed by atoms with Crippen LogP contribution in [0, 0.1) is 5.92 Å². The number of aliphatic hydroxyl groups excluding tert-OH is 1. The highest BCUT2D eigenvalue weighted by Gasteiger charge is 2.26. The lowest BCUT2D eigenvalue weighted by Crippen LogP contribution is -2.21. The molecule has 0 bridgehead atoms. The first-order valence-electron chi connectivity index (χ1n) is 5.68. The summed E-state index contributed by atoms with van der Waals surface area (Å²) in [5, 5.41) is 10.2. The first-order valence-corrected chi connectivity index (χ1v) is 5.68. The highest BCUT2D eigenvalue weighted by molar-refractivity contribution is 5.75. The quantitative estimate of drug-likeness (QED) is 0.629. The molecule has 92 valence electrons. The lowest BCUT2D eigenvalue weighted by atomic mass is 9.95. The fourth-order valence-electron chi connectivity index (χ4n) is 1.59. The number of hydrogen-bond acceptors (Lipinski definition) is 3. The zero-order valence-corrected chi connectivity index (χ0v) is 10.2. The maximum absolute atomic E-state index is 11.6. The van der Waals surface area contributed by atoms with Gasteiger partial charge in [-0.1, -0.05) is 49.4 Å². The van der Waals surface area contributed by atoms with Gasteiger partial charge in [-0.3, -0.25) is 4.79 Å². The maximum atomic E-state index is 11.6. The molecule has 1 rings (SSSR count). The maximum Gasteiger partial charge on any atom is 0.315 e. The lowest BCUT2D eigenvalue weighted by Gasteiger charge is -2.18. The number of methoxy groups -OCH3 is 1. The molecule has 0 unspecified atom stereocenters. The number of carbonyl (C=O) groups is 1. The number of allylic oxidation sites excluding steroid dienone is 1. The minimum absolute atomic E-state index is 0.425. The van der Waals surface area contributed by atoms with Crippen LogP contribution >= 0.6 is 0 Å². The number of aliphatic hydroxyl groups is 1. The summed E-state index contributed by atoms with van der Waals surface area (Å²) in [5.41, 5.74) is 0.712. The Bertz CT molecular complexity index is 370. The zero-order valence-electron chi connectivity index (χ0n) is 10.2. The molecule has 0 aliphatic heterocycles. The molecule has 0 saturated carbocycles. The minimum atomic E-state index is -0.869. The van der Waals surface area contributed by atoms with Crippen LogP contribution in [0.15, 0.2) is 42.5 Å². The number of benzene rings is 1. The van der Waals surface area contributed by atoms with E-state index in [1.807, 2.05) is 31.2 Å². The van der Waals surface area contributed by atoms with Gasteiger partial charge in [0.25, 0.3) is 0 Å². The average Bonchev–Trinajstić information content (AvgIpc) is 2.39. The van der Waals surface area contributed by atoms with E-state index in [2.05, 4.69) is 0 Å². The predicted octanol–water partition coefficient (Wildman–Crippen LogP) is 2.48. The summed E-state index contributed by atoms with van der Waals surface area (Å²) in [6.45, 7) is 1.97. The molecule has 0 spiro atoms. The average molecular weight is 234 g/mol. The summed E-state index contributed by atoms with van der Waals surface area (Å²) >= 11 is 0. The fraction of sp³-hybridized carbons (Fsp3) is 0.357. The van der Waals surface area contributed by atoms with E-state index in [4.69, 9.17) is 4.74 Å². The van der Waals surface area contributed by atoms with Crippen LogP contribution < -0.4 is 0 Å². The molecule has 0 saturated heterocycles. The topological polar surface area (TPSA) is 46.5 Å². The standard InChI is InChI=1S/C14H18O3/c1-3-4-10-12(14(16)17-2)13(15)11-8-6-5-7-9-11/h4-10,12-13,15H,3H2,1-2H3/b10-4+/t12-,13+/m0/s1. The monoisotopic (exact) mass is 234 g/mol. The molecule has 0 aliphatic carbocycles. The first kappa shape index (κ1) is 13.5. The normalized spacial score (nSPS) is 14.5. The van der Waals surface area contributed by atoms with Gasteiger partial charge in [-0.15, -0.1) is 0 Å². The van der Waals surface area contributed by atoms with Gasteiger partial charge in [-0.05, 0) is 12.0 Å². The SMILES string of the molecule is CC/C=C/[C@H](C(=O)OC)[C@H](O)c1ccccc1. The Morgan fingerprint density at radius 2 is 2.06 bits per heavy atom. The van der Waals surface area contributed by atoms with Crippen molar-refractivity contribution in [3.63, 3.8) is 0 Å². The van der Waals surface area contributed by atoms with Crippen LogP contribution in [0.25, 0.3) is 0 Å². The van der Waals surface area contributed by atoms with Crippen molar-refractivity contribution in [3.05, 3.63) is 48.0 Å². The first-order chi connectivity index (χ1) is 8.20. The second kappa shape index (κ2) is 6.86. The van der Waals surface area contributed by atoms with Crippen LogP contribution in [0.1, 0.15) is 25.0 Å². The van der Waals surface area contributed by atoms with E-state index in [9.17, 15) is 9.90 Å². The molecule has 2 atom stereocenters. The van der Waals surface area contributed by atoms with Crippen molar-refractivity contribution in [2.45, 2.75) is 19.4 Å².